The van der Waals surface area contributed by atoms with E-state index >= 15 is 0 Å². The predicted octanol–water partition coefficient (Wildman–Crippen LogP) is 5.32. The number of hydrogen-bond donors (Lipinski definition) is 1. The number of esters is 1. The summed E-state index contributed by atoms with van der Waals surface area (Å²) in [5.41, 5.74) is 3.42. The molecule has 4 nitrogen and oxygen atoms in total. The van der Waals surface area contributed by atoms with Crippen LogP contribution in [-0.2, 0) is 20.4 Å². The van der Waals surface area contributed by atoms with E-state index in [0.29, 0.717) is 5.56 Å². The quantitative estimate of drug-likeness (QED) is 0.698. The first-order chi connectivity index (χ1) is 13.4. The second-order valence-corrected chi connectivity index (χ2v) is 9.58. The molecule has 156 valence electrons. The topological polar surface area (TPSA) is 55.4 Å². The molecule has 0 saturated heterocycles. The molecule has 29 heavy (non-hydrogen) atoms. The molecular weight excluding hydrogens is 362 g/mol. The highest BCUT2D eigenvalue weighted by molar-refractivity contribution is 5.92. The van der Waals surface area contributed by atoms with Gasteiger partial charge in [0, 0.05) is 0 Å². The summed E-state index contributed by atoms with van der Waals surface area (Å²) in [7, 11) is 0. The SMILES string of the molecule is C[C@H](NC(=O)COC(=O)c1cc(C(C)(C)C)cc(C(C)(C)C)c1)c1ccccc1. The molecule has 2 rings (SSSR count). The molecule has 0 spiro atoms. The largest absolute Gasteiger partial charge is 0.452 e. The Morgan fingerprint density at radius 3 is 1.90 bits per heavy atom. The van der Waals surface area contributed by atoms with Crippen LogP contribution in [0.3, 0.4) is 0 Å². The zero-order valence-corrected chi connectivity index (χ0v) is 18.6. The Kier molecular flexibility index (Phi) is 6.89. The maximum Gasteiger partial charge on any atom is 0.338 e. The van der Waals surface area contributed by atoms with Crippen LogP contribution in [0.1, 0.15) is 81.6 Å². The van der Waals surface area contributed by atoms with Crippen LogP contribution in [-0.4, -0.2) is 18.5 Å². The van der Waals surface area contributed by atoms with E-state index in [1.165, 1.54) is 0 Å². The van der Waals surface area contributed by atoms with Crippen LogP contribution >= 0.6 is 0 Å². The van der Waals surface area contributed by atoms with Gasteiger partial charge < -0.3 is 10.1 Å². The number of rotatable bonds is 5. The molecule has 0 bridgehead atoms. The Bertz CT molecular complexity index is 826. The normalized spacial score (nSPS) is 12.9. The van der Waals surface area contributed by atoms with Gasteiger partial charge in [-0.05, 0) is 46.6 Å². The van der Waals surface area contributed by atoms with E-state index in [-0.39, 0.29) is 29.4 Å². The van der Waals surface area contributed by atoms with Crippen LogP contribution in [0.25, 0.3) is 0 Å². The van der Waals surface area contributed by atoms with Crippen LogP contribution in [0, 0.1) is 0 Å². The van der Waals surface area contributed by atoms with E-state index < -0.39 is 5.97 Å². The molecular formula is C25H33NO3. The van der Waals surface area contributed by atoms with Crippen LogP contribution in [0.5, 0.6) is 0 Å². The lowest BCUT2D eigenvalue weighted by atomic mass is 9.79. The zero-order valence-electron chi connectivity index (χ0n) is 18.6. The first kappa shape index (κ1) is 22.7. The Morgan fingerprint density at radius 2 is 1.41 bits per heavy atom. The summed E-state index contributed by atoms with van der Waals surface area (Å²) in [6, 6.07) is 15.4. The van der Waals surface area contributed by atoms with E-state index in [0.717, 1.165) is 16.7 Å². The highest BCUT2D eigenvalue weighted by Gasteiger charge is 2.23. The van der Waals surface area contributed by atoms with E-state index in [2.05, 4.69) is 52.9 Å². The Labute approximate surface area is 174 Å². The Morgan fingerprint density at radius 1 is 0.897 bits per heavy atom. The first-order valence-corrected chi connectivity index (χ1v) is 10.1. The molecule has 1 N–H and O–H groups in total. The van der Waals surface area contributed by atoms with Gasteiger partial charge in [0.1, 0.15) is 0 Å². The molecule has 2 aromatic carbocycles. The molecule has 1 amide bonds. The van der Waals surface area contributed by atoms with Crippen molar-refractivity contribution in [3.05, 3.63) is 70.8 Å². The van der Waals surface area contributed by atoms with Crippen LogP contribution in [0.15, 0.2) is 48.5 Å². The summed E-state index contributed by atoms with van der Waals surface area (Å²) < 4.78 is 5.31. The summed E-state index contributed by atoms with van der Waals surface area (Å²) in [5, 5.41) is 2.86. The number of hydrogen-bond acceptors (Lipinski definition) is 3. The van der Waals surface area contributed by atoms with E-state index in [4.69, 9.17) is 4.74 Å². The van der Waals surface area contributed by atoms with E-state index in [1.807, 2.05) is 49.4 Å². The molecule has 4 heteroatoms. The standard InChI is InChI=1S/C25H33NO3/c1-17(18-11-9-8-10-12-18)26-22(27)16-29-23(28)19-13-20(24(2,3)4)15-21(14-19)25(5,6)7/h8-15,17H,16H2,1-7H3,(H,26,27)/t17-/m0/s1. The molecule has 0 heterocycles. The minimum Gasteiger partial charge on any atom is -0.452 e. The third-order valence-electron chi connectivity index (χ3n) is 4.91. The van der Waals surface area contributed by atoms with Crippen molar-refractivity contribution < 1.29 is 14.3 Å². The fraction of sp³-hybridized carbons (Fsp3) is 0.440. The number of amides is 1. The third kappa shape index (κ3) is 6.45. The lowest BCUT2D eigenvalue weighted by Crippen LogP contribution is -2.31. The lowest BCUT2D eigenvalue weighted by Gasteiger charge is -2.25. The van der Waals surface area contributed by atoms with Gasteiger partial charge in [-0.2, -0.15) is 0 Å². The van der Waals surface area contributed by atoms with Crippen molar-refractivity contribution in [2.45, 2.75) is 65.3 Å². The van der Waals surface area contributed by atoms with E-state index in [1.54, 1.807) is 0 Å². The Balaban J connectivity index is 2.09. The number of ether oxygens (including phenoxy) is 1. The molecule has 0 aliphatic heterocycles. The number of nitrogens with one attached hydrogen (secondary N) is 1. The smallest absolute Gasteiger partial charge is 0.338 e. The number of benzene rings is 2. The van der Waals surface area contributed by atoms with Gasteiger partial charge in [0.2, 0.25) is 0 Å². The van der Waals surface area contributed by atoms with Crippen molar-refractivity contribution in [2.24, 2.45) is 0 Å². The van der Waals surface area contributed by atoms with Gasteiger partial charge in [0.25, 0.3) is 5.91 Å². The highest BCUT2D eigenvalue weighted by atomic mass is 16.5. The van der Waals surface area contributed by atoms with Gasteiger partial charge in [0.05, 0.1) is 11.6 Å². The molecule has 1 atom stereocenters. The fourth-order valence-electron chi connectivity index (χ4n) is 2.93. The van der Waals surface area contributed by atoms with Crippen molar-refractivity contribution in [3.63, 3.8) is 0 Å². The molecule has 0 aliphatic carbocycles. The molecule has 0 radical (unpaired) electrons. The molecule has 0 aromatic heterocycles. The predicted molar refractivity (Wildman–Crippen MR) is 117 cm³/mol. The highest BCUT2D eigenvalue weighted by Crippen LogP contribution is 2.30. The van der Waals surface area contributed by atoms with Crippen LogP contribution in [0.4, 0.5) is 0 Å². The summed E-state index contributed by atoms with van der Waals surface area (Å²) in [5.74, 6) is -0.804. The summed E-state index contributed by atoms with van der Waals surface area (Å²) in [4.78, 5) is 24.9. The molecule has 0 unspecified atom stereocenters. The summed E-state index contributed by atoms with van der Waals surface area (Å²) in [6.07, 6.45) is 0. The van der Waals surface area contributed by atoms with Gasteiger partial charge in [-0.3, -0.25) is 4.79 Å². The molecule has 0 saturated carbocycles. The average molecular weight is 396 g/mol. The molecule has 0 fully saturated rings. The fourth-order valence-corrected chi connectivity index (χ4v) is 2.93. The molecule has 0 aliphatic rings. The number of carbonyl (C=O) groups is 2. The monoisotopic (exact) mass is 395 g/mol. The molecule has 2 aromatic rings. The van der Waals surface area contributed by atoms with Gasteiger partial charge in [-0.15, -0.1) is 0 Å². The van der Waals surface area contributed by atoms with Crippen molar-refractivity contribution in [1.29, 1.82) is 0 Å². The third-order valence-corrected chi connectivity index (χ3v) is 4.91. The minimum absolute atomic E-state index is 0.0984. The second-order valence-electron chi connectivity index (χ2n) is 9.58. The maximum absolute atomic E-state index is 12.7. The van der Waals surface area contributed by atoms with Gasteiger partial charge in [-0.1, -0.05) is 77.9 Å². The van der Waals surface area contributed by atoms with Crippen molar-refractivity contribution >= 4 is 11.9 Å². The Hall–Kier alpha value is -2.62. The lowest BCUT2D eigenvalue weighted by molar-refractivity contribution is -0.124. The van der Waals surface area contributed by atoms with Crippen LogP contribution < -0.4 is 5.32 Å². The zero-order chi connectivity index (χ0) is 21.8. The van der Waals surface area contributed by atoms with Crippen molar-refractivity contribution in [1.82, 2.24) is 5.32 Å². The second kappa shape index (κ2) is 8.81. The number of carbonyl (C=O) groups excluding carboxylic acids is 2. The average Bonchev–Trinajstić information content (AvgIpc) is 2.65. The van der Waals surface area contributed by atoms with E-state index in [9.17, 15) is 9.59 Å². The van der Waals surface area contributed by atoms with Gasteiger partial charge >= 0.3 is 5.97 Å². The maximum atomic E-state index is 12.7. The summed E-state index contributed by atoms with van der Waals surface area (Å²) in [6.45, 7) is 14.3. The van der Waals surface area contributed by atoms with Crippen molar-refractivity contribution in [3.8, 4) is 0 Å². The first-order valence-electron chi connectivity index (χ1n) is 10.1. The van der Waals surface area contributed by atoms with Crippen molar-refractivity contribution in [2.75, 3.05) is 6.61 Å². The van der Waals surface area contributed by atoms with Crippen LogP contribution in [0.2, 0.25) is 0 Å². The summed E-state index contributed by atoms with van der Waals surface area (Å²) >= 11 is 0. The van der Waals surface area contributed by atoms with Gasteiger partial charge in [0.15, 0.2) is 6.61 Å². The van der Waals surface area contributed by atoms with Gasteiger partial charge in [-0.25, -0.2) is 4.79 Å². The minimum atomic E-state index is -0.482.